The Balaban J connectivity index is 1.39. The number of nitrogens with one attached hydrogen (secondary N) is 3. The van der Waals surface area contributed by atoms with Crippen molar-refractivity contribution in [1.29, 1.82) is 0 Å². The zero-order valence-electron chi connectivity index (χ0n) is 25.6. The standard InChI is InChI=1S/C32H34BrClN4O8/c1-5-44-25-14-21(29-28(31(40)43-4)18(2)36-32(41)37-29)9-10-24(25)45-17-27(39)38-35-15-20-12-23(33)30(26(13-20)42-3)46-16-19-7-6-8-22(34)11-19/h6-15,27,29,38-39H,5,16-17H2,1-4H3,(H2,36,37,41)/b35-15+/t27-,29-/m1/s1. The van der Waals surface area contributed by atoms with Crippen molar-refractivity contribution in [2.75, 3.05) is 27.4 Å². The number of carbonyl (C=O) groups is 2. The summed E-state index contributed by atoms with van der Waals surface area (Å²) >= 11 is 9.59. The van der Waals surface area contributed by atoms with Gasteiger partial charge in [-0.05, 0) is 82.9 Å². The van der Waals surface area contributed by atoms with Crippen molar-refractivity contribution in [3.8, 4) is 23.0 Å². The van der Waals surface area contributed by atoms with Gasteiger partial charge in [0.1, 0.15) is 13.2 Å². The van der Waals surface area contributed by atoms with Crippen LogP contribution in [0.5, 0.6) is 23.0 Å². The molecule has 14 heteroatoms. The fraction of sp³-hybridized carbons (Fsp3) is 0.281. The molecular formula is C32H34BrClN4O8. The van der Waals surface area contributed by atoms with Crippen molar-refractivity contribution in [3.05, 3.63) is 92.1 Å². The Labute approximate surface area is 279 Å². The number of rotatable bonds is 14. The summed E-state index contributed by atoms with van der Waals surface area (Å²) in [7, 11) is 2.81. The van der Waals surface area contributed by atoms with Gasteiger partial charge < -0.3 is 39.4 Å². The number of amides is 2. The quantitative estimate of drug-likeness (QED) is 0.0764. The Kier molecular flexibility index (Phi) is 12.1. The van der Waals surface area contributed by atoms with E-state index in [9.17, 15) is 14.7 Å². The van der Waals surface area contributed by atoms with Crippen molar-refractivity contribution in [1.82, 2.24) is 16.1 Å². The van der Waals surface area contributed by atoms with E-state index in [2.05, 4.69) is 37.1 Å². The molecule has 0 fully saturated rings. The highest BCUT2D eigenvalue weighted by molar-refractivity contribution is 9.10. The molecule has 12 nitrogen and oxygen atoms in total. The van der Waals surface area contributed by atoms with Gasteiger partial charge in [-0.15, -0.1) is 0 Å². The van der Waals surface area contributed by atoms with Gasteiger partial charge in [-0.25, -0.2) is 9.59 Å². The molecule has 1 aliphatic heterocycles. The number of nitrogens with zero attached hydrogens (tertiary/aromatic N) is 1. The molecule has 2 atom stereocenters. The van der Waals surface area contributed by atoms with Crippen LogP contribution in [0.3, 0.4) is 0 Å². The SMILES string of the molecule is CCOc1cc([C@H]2NC(=O)NC(C)=C2C(=O)OC)ccc1OC[C@@H](O)N/N=C/c1cc(Br)c(OCc2cccc(Cl)c2)c(OC)c1. The van der Waals surface area contributed by atoms with Gasteiger partial charge in [-0.3, -0.25) is 5.43 Å². The first-order valence-electron chi connectivity index (χ1n) is 14.1. The monoisotopic (exact) mass is 716 g/mol. The minimum atomic E-state index is -1.17. The Morgan fingerprint density at radius 3 is 2.63 bits per heavy atom. The van der Waals surface area contributed by atoms with E-state index >= 15 is 0 Å². The molecule has 0 radical (unpaired) electrons. The van der Waals surface area contributed by atoms with E-state index in [4.69, 9.17) is 35.3 Å². The van der Waals surface area contributed by atoms with Gasteiger partial charge >= 0.3 is 12.0 Å². The molecule has 46 heavy (non-hydrogen) atoms. The van der Waals surface area contributed by atoms with Gasteiger partial charge in [0.2, 0.25) is 0 Å². The van der Waals surface area contributed by atoms with Crippen molar-refractivity contribution >= 4 is 45.7 Å². The van der Waals surface area contributed by atoms with E-state index in [0.29, 0.717) is 62.5 Å². The van der Waals surface area contributed by atoms with Gasteiger partial charge in [0, 0.05) is 10.7 Å². The lowest BCUT2D eigenvalue weighted by molar-refractivity contribution is -0.136. The number of carbonyl (C=O) groups excluding carboxylic acids is 2. The summed E-state index contributed by atoms with van der Waals surface area (Å²) in [6, 6.07) is 14.7. The third-order valence-electron chi connectivity index (χ3n) is 6.63. The molecule has 4 N–H and O–H groups in total. The summed E-state index contributed by atoms with van der Waals surface area (Å²) < 4.78 is 28.6. The van der Waals surface area contributed by atoms with Crippen LogP contribution in [-0.2, 0) is 16.1 Å². The molecule has 2 amide bonds. The maximum absolute atomic E-state index is 12.5. The summed E-state index contributed by atoms with van der Waals surface area (Å²) in [6.45, 7) is 3.88. The van der Waals surface area contributed by atoms with Crippen LogP contribution >= 0.6 is 27.5 Å². The molecule has 4 rings (SSSR count). The summed E-state index contributed by atoms with van der Waals surface area (Å²) in [5.74, 6) is 1.14. The summed E-state index contributed by atoms with van der Waals surface area (Å²) in [5, 5.41) is 20.6. The van der Waals surface area contributed by atoms with Crippen LogP contribution in [-0.4, -0.2) is 57.0 Å². The van der Waals surface area contributed by atoms with Crippen LogP contribution in [0, 0.1) is 0 Å². The molecule has 0 unspecified atom stereocenters. The zero-order chi connectivity index (χ0) is 33.2. The van der Waals surface area contributed by atoms with Crippen molar-refractivity contribution in [3.63, 3.8) is 0 Å². The van der Waals surface area contributed by atoms with Crippen molar-refractivity contribution in [2.45, 2.75) is 32.7 Å². The van der Waals surface area contributed by atoms with E-state index in [1.165, 1.54) is 20.4 Å². The third-order valence-corrected chi connectivity index (χ3v) is 7.46. The fourth-order valence-corrected chi connectivity index (χ4v) is 5.34. The van der Waals surface area contributed by atoms with Crippen LogP contribution in [0.4, 0.5) is 4.79 Å². The molecule has 0 saturated heterocycles. The maximum Gasteiger partial charge on any atom is 0.337 e. The number of allylic oxidation sites excluding steroid dienone is 1. The van der Waals surface area contributed by atoms with Crippen molar-refractivity contribution in [2.24, 2.45) is 5.10 Å². The molecule has 1 heterocycles. The summed E-state index contributed by atoms with van der Waals surface area (Å²) in [6.07, 6.45) is 0.343. The highest BCUT2D eigenvalue weighted by atomic mass is 79.9. The molecule has 3 aromatic rings. The largest absolute Gasteiger partial charge is 0.493 e. The second-order valence-corrected chi connectivity index (χ2v) is 11.2. The Bertz CT molecular complexity index is 1630. The van der Waals surface area contributed by atoms with Gasteiger partial charge in [-0.2, -0.15) is 5.10 Å². The first-order valence-corrected chi connectivity index (χ1v) is 15.3. The van der Waals surface area contributed by atoms with E-state index in [0.717, 1.165) is 5.56 Å². The third kappa shape index (κ3) is 8.83. The first kappa shape index (κ1) is 34.4. The average molecular weight is 718 g/mol. The smallest absolute Gasteiger partial charge is 0.337 e. The molecule has 1 aliphatic rings. The number of urea groups is 1. The zero-order valence-corrected chi connectivity index (χ0v) is 27.9. The lowest BCUT2D eigenvalue weighted by Gasteiger charge is -2.28. The van der Waals surface area contributed by atoms with E-state index in [1.807, 2.05) is 25.1 Å². The normalized spacial score (nSPS) is 15.1. The minimum absolute atomic E-state index is 0.170. The van der Waals surface area contributed by atoms with Crippen LogP contribution in [0.1, 0.15) is 36.6 Å². The lowest BCUT2D eigenvalue weighted by Crippen LogP contribution is -2.45. The number of hydrazone groups is 1. The second-order valence-electron chi connectivity index (χ2n) is 9.87. The molecule has 0 aromatic heterocycles. The number of aliphatic hydroxyl groups is 1. The number of ether oxygens (including phenoxy) is 5. The number of esters is 1. The van der Waals surface area contributed by atoms with Crippen LogP contribution in [0.15, 0.2) is 75.4 Å². The predicted molar refractivity (Wildman–Crippen MR) is 175 cm³/mol. The minimum Gasteiger partial charge on any atom is -0.493 e. The molecule has 3 aromatic carbocycles. The first-order chi connectivity index (χ1) is 22.1. The predicted octanol–water partition coefficient (Wildman–Crippen LogP) is 5.21. The van der Waals surface area contributed by atoms with Gasteiger partial charge in [0.25, 0.3) is 0 Å². The van der Waals surface area contributed by atoms with Gasteiger partial charge in [0.15, 0.2) is 29.2 Å². The molecule has 244 valence electrons. The van der Waals surface area contributed by atoms with Gasteiger partial charge in [0.05, 0.1) is 43.1 Å². The Morgan fingerprint density at radius 2 is 1.91 bits per heavy atom. The molecule has 0 saturated carbocycles. The topological polar surface area (TPSA) is 149 Å². The number of methoxy groups -OCH3 is 2. The molecule has 0 aliphatic carbocycles. The Morgan fingerprint density at radius 1 is 1.11 bits per heavy atom. The van der Waals surface area contributed by atoms with E-state index in [1.54, 1.807) is 43.3 Å². The second kappa shape index (κ2) is 16.2. The van der Waals surface area contributed by atoms with E-state index < -0.39 is 24.3 Å². The van der Waals surface area contributed by atoms with Crippen LogP contribution in [0.2, 0.25) is 5.02 Å². The van der Waals surface area contributed by atoms with E-state index in [-0.39, 0.29) is 12.2 Å². The number of hydrogen-bond donors (Lipinski definition) is 4. The number of benzene rings is 3. The lowest BCUT2D eigenvalue weighted by atomic mass is 9.95. The highest BCUT2D eigenvalue weighted by Crippen LogP contribution is 2.37. The molecular weight excluding hydrogens is 684 g/mol. The fourth-order valence-electron chi connectivity index (χ4n) is 4.56. The summed E-state index contributed by atoms with van der Waals surface area (Å²) in [5.41, 5.74) is 5.44. The van der Waals surface area contributed by atoms with Crippen LogP contribution < -0.4 is 35.0 Å². The Hall–Kier alpha value is -4.46. The molecule has 0 spiro atoms. The maximum atomic E-state index is 12.5. The molecule has 0 bridgehead atoms. The van der Waals surface area contributed by atoms with Crippen molar-refractivity contribution < 1.29 is 38.4 Å². The average Bonchev–Trinajstić information content (AvgIpc) is 3.03. The number of hydrogen-bond acceptors (Lipinski definition) is 10. The number of halogens is 2. The number of aliphatic hydroxyl groups excluding tert-OH is 1. The van der Waals surface area contributed by atoms with Crippen LogP contribution in [0.25, 0.3) is 0 Å². The highest BCUT2D eigenvalue weighted by Gasteiger charge is 2.32. The van der Waals surface area contributed by atoms with Gasteiger partial charge in [-0.1, -0.05) is 29.8 Å². The summed E-state index contributed by atoms with van der Waals surface area (Å²) in [4.78, 5) is 24.6.